The second-order valence-electron chi connectivity index (χ2n) is 6.39. The Labute approximate surface area is 157 Å². The first-order chi connectivity index (χ1) is 10.0. The molecule has 1 atom stereocenters. The minimum absolute atomic E-state index is 0. The number of hydrogen-bond donors (Lipinski definition) is 2. The van der Waals surface area contributed by atoms with Gasteiger partial charge in [-0.1, -0.05) is 13.3 Å². The van der Waals surface area contributed by atoms with Gasteiger partial charge in [0.1, 0.15) is 0 Å². The van der Waals surface area contributed by atoms with Crippen LogP contribution in [-0.4, -0.2) is 59.3 Å². The van der Waals surface area contributed by atoms with E-state index in [1.165, 1.54) is 0 Å². The number of aliphatic hydroxyl groups excluding tert-OH is 1. The number of halogens is 1. The van der Waals surface area contributed by atoms with E-state index in [0.717, 1.165) is 57.2 Å². The van der Waals surface area contributed by atoms with Crippen LogP contribution in [0.3, 0.4) is 0 Å². The number of thioether (sulfide) groups is 1. The van der Waals surface area contributed by atoms with E-state index in [9.17, 15) is 5.11 Å². The lowest BCUT2D eigenvalue weighted by molar-refractivity contribution is 0.253. The summed E-state index contributed by atoms with van der Waals surface area (Å²) in [6.07, 6.45) is 3.16. The molecule has 0 aliphatic carbocycles. The first-order valence-electron chi connectivity index (χ1n) is 8.30. The zero-order valence-electron chi connectivity index (χ0n) is 14.6. The molecule has 0 radical (unpaired) electrons. The molecule has 1 heterocycles. The zero-order chi connectivity index (χ0) is 15.7. The molecular weight excluding hydrogens is 409 g/mol. The van der Waals surface area contributed by atoms with Crippen LogP contribution in [-0.2, 0) is 0 Å². The maximum absolute atomic E-state index is 9.17. The van der Waals surface area contributed by atoms with Gasteiger partial charge in [0.05, 0.1) is 0 Å². The van der Waals surface area contributed by atoms with Crippen LogP contribution in [0.4, 0.5) is 0 Å². The van der Waals surface area contributed by atoms with Crippen LogP contribution in [0.1, 0.15) is 47.0 Å². The van der Waals surface area contributed by atoms with Crippen molar-refractivity contribution < 1.29 is 5.11 Å². The van der Waals surface area contributed by atoms with E-state index in [1.54, 1.807) is 0 Å². The Bertz CT molecular complexity index is 321. The highest BCUT2D eigenvalue weighted by atomic mass is 127. The molecule has 4 nitrogen and oxygen atoms in total. The number of rotatable bonds is 7. The number of hydrogen-bond acceptors (Lipinski definition) is 3. The molecule has 0 spiro atoms. The molecule has 0 aromatic heterocycles. The van der Waals surface area contributed by atoms with Crippen molar-refractivity contribution >= 4 is 41.7 Å². The molecule has 1 unspecified atom stereocenters. The van der Waals surface area contributed by atoms with Crippen molar-refractivity contribution in [3.05, 3.63) is 0 Å². The van der Waals surface area contributed by atoms with Crippen molar-refractivity contribution in [1.29, 1.82) is 0 Å². The Balaban J connectivity index is 0.00000441. The van der Waals surface area contributed by atoms with Gasteiger partial charge in [0, 0.05) is 43.3 Å². The average Bonchev–Trinajstić information content (AvgIpc) is 2.42. The normalized spacial score (nSPS) is 19.5. The molecule has 1 aliphatic rings. The number of aliphatic hydroxyl groups is 1. The molecule has 1 fully saturated rings. The van der Waals surface area contributed by atoms with E-state index in [1.807, 2.05) is 11.8 Å². The lowest BCUT2D eigenvalue weighted by Gasteiger charge is -2.39. The number of guanidine groups is 1. The summed E-state index contributed by atoms with van der Waals surface area (Å²) in [5.74, 6) is 2.71. The summed E-state index contributed by atoms with van der Waals surface area (Å²) in [4.78, 5) is 7.24. The number of nitrogens with zero attached hydrogens (tertiary/aromatic N) is 2. The molecule has 1 saturated heterocycles. The van der Waals surface area contributed by atoms with Crippen molar-refractivity contribution in [1.82, 2.24) is 10.2 Å². The van der Waals surface area contributed by atoms with Crippen LogP contribution in [0.5, 0.6) is 0 Å². The molecule has 1 aliphatic heterocycles. The topological polar surface area (TPSA) is 47.9 Å². The predicted molar refractivity (Wildman–Crippen MR) is 110 cm³/mol. The largest absolute Gasteiger partial charge is 0.396 e. The first kappa shape index (κ1) is 22.3. The zero-order valence-corrected chi connectivity index (χ0v) is 17.7. The van der Waals surface area contributed by atoms with E-state index in [2.05, 4.69) is 37.9 Å². The van der Waals surface area contributed by atoms with Gasteiger partial charge in [0.25, 0.3) is 0 Å². The van der Waals surface area contributed by atoms with E-state index in [-0.39, 0.29) is 30.6 Å². The summed E-state index contributed by atoms with van der Waals surface area (Å²) in [7, 11) is 0. The summed E-state index contributed by atoms with van der Waals surface area (Å²) in [5.41, 5.74) is 0. The molecule has 0 saturated carbocycles. The summed E-state index contributed by atoms with van der Waals surface area (Å²) in [6, 6.07) is 0. The smallest absolute Gasteiger partial charge is 0.193 e. The van der Waals surface area contributed by atoms with Gasteiger partial charge in [-0.3, -0.25) is 4.99 Å². The monoisotopic (exact) mass is 443 g/mol. The second kappa shape index (κ2) is 11.8. The Morgan fingerprint density at radius 1 is 1.36 bits per heavy atom. The lowest BCUT2D eigenvalue weighted by Crippen LogP contribution is -2.51. The van der Waals surface area contributed by atoms with Gasteiger partial charge in [0.15, 0.2) is 5.96 Å². The summed E-state index contributed by atoms with van der Waals surface area (Å²) in [5, 5.41) is 12.6. The Kier molecular flexibility index (Phi) is 12.0. The third-order valence-corrected chi connectivity index (χ3v) is 5.09. The first-order valence-corrected chi connectivity index (χ1v) is 9.29. The minimum atomic E-state index is 0. The van der Waals surface area contributed by atoms with Gasteiger partial charge < -0.3 is 15.3 Å². The van der Waals surface area contributed by atoms with Crippen LogP contribution in [0.2, 0.25) is 0 Å². The highest BCUT2D eigenvalue weighted by Crippen LogP contribution is 2.29. The van der Waals surface area contributed by atoms with E-state index < -0.39 is 0 Å². The molecule has 0 bridgehead atoms. The lowest BCUT2D eigenvalue weighted by atomic mass is 10.0. The molecule has 132 valence electrons. The van der Waals surface area contributed by atoms with Crippen molar-refractivity contribution in [2.45, 2.75) is 51.7 Å². The second-order valence-corrected chi connectivity index (χ2v) is 8.19. The fourth-order valence-electron chi connectivity index (χ4n) is 2.76. The van der Waals surface area contributed by atoms with E-state index in [4.69, 9.17) is 4.99 Å². The number of nitrogens with one attached hydrogen (secondary N) is 1. The standard InChI is InChI=1S/C16H33N3OS.HI/c1-5-7-14(8-10-20)12-18-15(17-6-2)19-9-11-21-16(3,4)13-19;/h14,20H,5-13H2,1-4H3,(H,17,18);1H. The van der Waals surface area contributed by atoms with Gasteiger partial charge in [-0.25, -0.2) is 0 Å². The SMILES string of the molecule is CCCC(CCO)CN=C(NCC)N1CCSC(C)(C)C1.I. The minimum Gasteiger partial charge on any atom is -0.396 e. The van der Waals surface area contributed by atoms with Crippen molar-refractivity contribution in [3.8, 4) is 0 Å². The maximum atomic E-state index is 9.17. The van der Waals surface area contributed by atoms with Crippen molar-refractivity contribution in [2.24, 2.45) is 10.9 Å². The highest BCUT2D eigenvalue weighted by molar-refractivity contribution is 14.0. The van der Waals surface area contributed by atoms with Crippen LogP contribution >= 0.6 is 35.7 Å². The summed E-state index contributed by atoms with van der Waals surface area (Å²) in [6.45, 7) is 13.0. The molecule has 0 aromatic rings. The molecule has 1 rings (SSSR count). The van der Waals surface area contributed by atoms with Crippen LogP contribution in [0.15, 0.2) is 4.99 Å². The molecule has 6 heteroatoms. The molecule has 0 aromatic carbocycles. The molecular formula is C16H34IN3OS. The summed E-state index contributed by atoms with van der Waals surface area (Å²) < 4.78 is 0.294. The fourth-order valence-corrected chi connectivity index (χ4v) is 3.87. The molecule has 0 amide bonds. The average molecular weight is 443 g/mol. The Hall–Kier alpha value is 0.310. The molecule has 22 heavy (non-hydrogen) atoms. The maximum Gasteiger partial charge on any atom is 0.193 e. The van der Waals surface area contributed by atoms with Gasteiger partial charge >= 0.3 is 0 Å². The Morgan fingerprint density at radius 2 is 2.09 bits per heavy atom. The third-order valence-electron chi connectivity index (χ3n) is 3.79. The molecule has 2 N–H and O–H groups in total. The quantitative estimate of drug-likeness (QED) is 0.361. The van der Waals surface area contributed by atoms with Gasteiger partial charge in [0.2, 0.25) is 0 Å². The van der Waals surface area contributed by atoms with Crippen LogP contribution in [0, 0.1) is 5.92 Å². The van der Waals surface area contributed by atoms with Gasteiger partial charge in [-0.2, -0.15) is 11.8 Å². The van der Waals surface area contributed by atoms with Crippen molar-refractivity contribution in [3.63, 3.8) is 0 Å². The van der Waals surface area contributed by atoms with E-state index in [0.29, 0.717) is 10.7 Å². The predicted octanol–water partition coefficient (Wildman–Crippen LogP) is 3.20. The third kappa shape index (κ3) is 8.24. The fraction of sp³-hybridized carbons (Fsp3) is 0.938. The number of aliphatic imine (C=N–C) groups is 1. The van der Waals surface area contributed by atoms with Gasteiger partial charge in [-0.05, 0) is 39.5 Å². The van der Waals surface area contributed by atoms with Gasteiger partial charge in [-0.15, -0.1) is 24.0 Å². The van der Waals surface area contributed by atoms with Crippen molar-refractivity contribution in [2.75, 3.05) is 38.5 Å². The van der Waals surface area contributed by atoms with E-state index >= 15 is 0 Å². The van der Waals surface area contributed by atoms with Crippen LogP contribution in [0.25, 0.3) is 0 Å². The highest BCUT2D eigenvalue weighted by Gasteiger charge is 2.28. The van der Waals surface area contributed by atoms with Crippen LogP contribution < -0.4 is 5.32 Å². The Morgan fingerprint density at radius 3 is 2.64 bits per heavy atom. The summed E-state index contributed by atoms with van der Waals surface area (Å²) >= 11 is 2.04.